The third-order valence-corrected chi connectivity index (χ3v) is 2.29. The van der Waals surface area contributed by atoms with Crippen molar-refractivity contribution in [2.45, 2.75) is 32.2 Å². The Morgan fingerprint density at radius 1 is 1.15 bits per heavy atom. The van der Waals surface area contributed by atoms with E-state index < -0.39 is 42.4 Å². The van der Waals surface area contributed by atoms with Gasteiger partial charge in [0.05, 0.1) is 0 Å². The van der Waals surface area contributed by atoms with Crippen molar-refractivity contribution in [2.24, 2.45) is 0 Å². The fourth-order valence-corrected chi connectivity index (χ4v) is 1.47. The van der Waals surface area contributed by atoms with Crippen LogP contribution in [0.1, 0.15) is 19.5 Å². The summed E-state index contributed by atoms with van der Waals surface area (Å²) >= 11 is 0. The molecule has 0 aromatic carbocycles. The summed E-state index contributed by atoms with van der Waals surface area (Å²) in [6.07, 6.45) is -9.39. The number of halogens is 6. The van der Waals surface area contributed by atoms with Gasteiger partial charge in [-0.05, 0) is 13.8 Å². The molecule has 114 valence electrons. The Balaban J connectivity index is 3.24. The molecule has 1 rings (SSSR count). The van der Waals surface area contributed by atoms with Crippen molar-refractivity contribution >= 4 is 11.8 Å². The Labute approximate surface area is 110 Å². The third-order valence-electron chi connectivity index (χ3n) is 2.29. The van der Waals surface area contributed by atoms with E-state index in [0.29, 0.717) is 11.0 Å². The molecule has 0 aliphatic rings. The number of hydrogen-bond acceptors (Lipinski definition) is 4. The summed E-state index contributed by atoms with van der Waals surface area (Å²) in [5, 5.41) is 0. The highest BCUT2D eigenvalue weighted by Gasteiger charge is 2.36. The van der Waals surface area contributed by atoms with E-state index in [-0.39, 0.29) is 0 Å². The molecule has 0 radical (unpaired) electrons. The molecular formula is C10H12F6N4. The highest BCUT2D eigenvalue weighted by molar-refractivity contribution is 5.45. The number of rotatable bonds is 3. The van der Waals surface area contributed by atoms with E-state index in [1.807, 2.05) is 0 Å². The molecule has 1 aromatic rings. The Bertz CT molecular complexity index is 468. The smallest absolute Gasteiger partial charge is 0.368 e. The maximum absolute atomic E-state index is 12.6. The lowest BCUT2D eigenvalue weighted by atomic mass is 10.3. The van der Waals surface area contributed by atoms with Crippen molar-refractivity contribution < 1.29 is 26.3 Å². The number of nitrogen functional groups attached to an aromatic ring is 1. The molecule has 0 bridgehead atoms. The molecule has 0 atom stereocenters. The van der Waals surface area contributed by atoms with Gasteiger partial charge in [0.25, 0.3) is 0 Å². The van der Waals surface area contributed by atoms with Crippen LogP contribution in [0.4, 0.5) is 38.1 Å². The fraction of sp³-hybridized carbons (Fsp3) is 0.600. The van der Waals surface area contributed by atoms with E-state index in [2.05, 4.69) is 9.97 Å². The van der Waals surface area contributed by atoms with Crippen LogP contribution in [0, 0.1) is 0 Å². The molecule has 0 saturated carbocycles. The second kappa shape index (κ2) is 5.33. The molecule has 0 unspecified atom stereocenters. The van der Waals surface area contributed by atoms with E-state index >= 15 is 0 Å². The first-order valence-electron chi connectivity index (χ1n) is 5.45. The molecule has 0 aliphatic carbocycles. The quantitative estimate of drug-likeness (QED) is 0.872. The van der Waals surface area contributed by atoms with E-state index in [0.717, 1.165) is 0 Å². The van der Waals surface area contributed by atoms with Crippen LogP contribution in [0.3, 0.4) is 0 Å². The first-order valence-corrected chi connectivity index (χ1v) is 5.45. The highest BCUT2D eigenvalue weighted by Crippen LogP contribution is 2.31. The average molecular weight is 302 g/mol. The van der Waals surface area contributed by atoms with Gasteiger partial charge in [0.2, 0.25) is 5.95 Å². The summed E-state index contributed by atoms with van der Waals surface area (Å²) in [5.41, 5.74) is 3.75. The summed E-state index contributed by atoms with van der Waals surface area (Å²) in [6.45, 7) is 1.37. The molecule has 0 saturated heterocycles. The molecule has 1 aromatic heterocycles. The topological polar surface area (TPSA) is 55.0 Å². The van der Waals surface area contributed by atoms with Crippen molar-refractivity contribution in [3.8, 4) is 0 Å². The van der Waals surface area contributed by atoms with Crippen LogP contribution in [0.25, 0.3) is 0 Å². The minimum absolute atomic E-state index is 0.447. The molecule has 4 nitrogen and oxygen atoms in total. The number of alkyl halides is 6. The van der Waals surface area contributed by atoms with Gasteiger partial charge < -0.3 is 10.6 Å². The van der Waals surface area contributed by atoms with Crippen molar-refractivity contribution in [3.63, 3.8) is 0 Å². The molecule has 2 N–H and O–H groups in total. The van der Waals surface area contributed by atoms with Crippen LogP contribution in [-0.4, -0.2) is 28.7 Å². The SMILES string of the molecule is CC(C)N(CC(F)(F)F)c1cc(C(F)(F)F)nc(N)n1. The van der Waals surface area contributed by atoms with Crippen LogP contribution in [0.2, 0.25) is 0 Å². The first-order chi connectivity index (χ1) is 8.90. The molecular weight excluding hydrogens is 290 g/mol. The predicted molar refractivity (Wildman–Crippen MR) is 60.0 cm³/mol. The number of nitrogens with zero attached hydrogens (tertiary/aromatic N) is 3. The van der Waals surface area contributed by atoms with Crippen LogP contribution < -0.4 is 10.6 Å². The zero-order chi connectivity index (χ0) is 15.7. The Morgan fingerprint density at radius 3 is 2.10 bits per heavy atom. The summed E-state index contributed by atoms with van der Waals surface area (Å²) in [4.78, 5) is 7.10. The standard InChI is InChI=1S/C10H12F6N4/c1-5(2)20(4-9(11,12)13)7-3-6(10(14,15)16)18-8(17)19-7/h3,5H,4H2,1-2H3,(H2,17,18,19). The number of aromatic nitrogens is 2. The van der Waals surface area contributed by atoms with Gasteiger partial charge in [-0.3, -0.25) is 0 Å². The van der Waals surface area contributed by atoms with Crippen LogP contribution in [-0.2, 0) is 6.18 Å². The third kappa shape index (κ3) is 4.42. The van der Waals surface area contributed by atoms with Crippen molar-refractivity contribution in [1.29, 1.82) is 0 Å². The molecule has 0 spiro atoms. The van der Waals surface area contributed by atoms with Gasteiger partial charge in [0, 0.05) is 12.1 Å². The van der Waals surface area contributed by atoms with Crippen LogP contribution in [0.15, 0.2) is 6.07 Å². The lowest BCUT2D eigenvalue weighted by molar-refractivity contribution is -0.141. The van der Waals surface area contributed by atoms with E-state index in [4.69, 9.17) is 5.73 Å². The summed E-state index contributed by atoms with van der Waals surface area (Å²) in [7, 11) is 0. The van der Waals surface area contributed by atoms with E-state index in [9.17, 15) is 26.3 Å². The minimum Gasteiger partial charge on any atom is -0.368 e. The molecule has 20 heavy (non-hydrogen) atoms. The Hall–Kier alpha value is -1.74. The lowest BCUT2D eigenvalue weighted by Crippen LogP contribution is -2.40. The van der Waals surface area contributed by atoms with Gasteiger partial charge in [-0.15, -0.1) is 0 Å². The van der Waals surface area contributed by atoms with Gasteiger partial charge in [-0.2, -0.15) is 31.3 Å². The zero-order valence-electron chi connectivity index (χ0n) is 10.5. The van der Waals surface area contributed by atoms with Gasteiger partial charge in [-0.1, -0.05) is 0 Å². The number of anilines is 2. The second-order valence-electron chi connectivity index (χ2n) is 4.30. The normalized spacial score (nSPS) is 12.8. The lowest BCUT2D eigenvalue weighted by Gasteiger charge is -2.29. The van der Waals surface area contributed by atoms with E-state index in [1.54, 1.807) is 0 Å². The monoisotopic (exact) mass is 302 g/mol. The zero-order valence-corrected chi connectivity index (χ0v) is 10.5. The van der Waals surface area contributed by atoms with Crippen LogP contribution in [0.5, 0.6) is 0 Å². The number of hydrogen-bond donors (Lipinski definition) is 1. The van der Waals surface area contributed by atoms with Crippen molar-refractivity contribution in [2.75, 3.05) is 17.2 Å². The maximum Gasteiger partial charge on any atom is 0.433 e. The minimum atomic E-state index is -4.81. The number of nitrogens with two attached hydrogens (primary N) is 1. The predicted octanol–water partition coefficient (Wildman–Crippen LogP) is 2.85. The van der Waals surface area contributed by atoms with E-state index in [1.165, 1.54) is 13.8 Å². The Kier molecular flexibility index (Phi) is 4.35. The van der Waals surface area contributed by atoms with Gasteiger partial charge >= 0.3 is 12.4 Å². The molecule has 10 heteroatoms. The van der Waals surface area contributed by atoms with Gasteiger partial charge in [-0.25, -0.2) is 4.98 Å². The maximum atomic E-state index is 12.6. The van der Waals surface area contributed by atoms with Gasteiger partial charge in [0.15, 0.2) is 5.69 Å². The molecule has 1 heterocycles. The summed E-state index contributed by atoms with van der Waals surface area (Å²) < 4.78 is 75.0. The largest absolute Gasteiger partial charge is 0.433 e. The summed E-state index contributed by atoms with van der Waals surface area (Å²) in [5.74, 6) is -1.25. The van der Waals surface area contributed by atoms with Crippen molar-refractivity contribution in [3.05, 3.63) is 11.8 Å². The second-order valence-corrected chi connectivity index (χ2v) is 4.30. The highest BCUT2D eigenvalue weighted by atomic mass is 19.4. The first kappa shape index (κ1) is 16.3. The summed E-state index contributed by atoms with van der Waals surface area (Å²) in [6, 6.07) is -0.269. The van der Waals surface area contributed by atoms with Crippen molar-refractivity contribution in [1.82, 2.24) is 9.97 Å². The molecule has 0 aliphatic heterocycles. The molecule has 0 amide bonds. The molecule has 0 fully saturated rings. The average Bonchev–Trinajstić information content (AvgIpc) is 2.22. The fourth-order valence-electron chi connectivity index (χ4n) is 1.47. The Morgan fingerprint density at radius 2 is 1.70 bits per heavy atom. The van der Waals surface area contributed by atoms with Gasteiger partial charge in [0.1, 0.15) is 12.4 Å². The van der Waals surface area contributed by atoms with Crippen LogP contribution >= 0.6 is 0 Å².